The van der Waals surface area contributed by atoms with E-state index in [1.807, 2.05) is 24.0 Å². The van der Waals surface area contributed by atoms with Crippen LogP contribution in [0.5, 0.6) is 0 Å². The Bertz CT molecular complexity index is 647. The van der Waals surface area contributed by atoms with Gasteiger partial charge in [-0.3, -0.25) is 9.78 Å². The Hall–Kier alpha value is -1.47. The van der Waals surface area contributed by atoms with Crippen molar-refractivity contribution in [1.82, 2.24) is 14.2 Å². The molecule has 2 fully saturated rings. The molecule has 22 heavy (non-hydrogen) atoms. The molecule has 0 radical (unpaired) electrons. The molecule has 0 aromatic carbocycles. The third-order valence-electron chi connectivity index (χ3n) is 4.44. The maximum absolute atomic E-state index is 12.5. The van der Waals surface area contributed by atoms with E-state index in [1.54, 1.807) is 12.4 Å². The fourth-order valence-corrected chi connectivity index (χ4v) is 4.95. The molecule has 2 atom stereocenters. The zero-order valence-corrected chi connectivity index (χ0v) is 13.5. The summed E-state index contributed by atoms with van der Waals surface area (Å²) in [6.45, 7) is 3.87. The van der Waals surface area contributed by atoms with Gasteiger partial charge in [0.1, 0.15) is 0 Å². The van der Waals surface area contributed by atoms with Gasteiger partial charge in [0, 0.05) is 44.5 Å². The molecule has 1 aromatic heterocycles. The lowest BCUT2D eigenvalue weighted by molar-refractivity contribution is -0.131. The monoisotopic (exact) mass is 323 g/mol. The third-order valence-corrected chi connectivity index (χ3v) is 6.45. The van der Waals surface area contributed by atoms with Crippen molar-refractivity contribution < 1.29 is 13.2 Å². The number of likely N-dealkylation sites (tertiary alicyclic amines) is 1. The maximum atomic E-state index is 12.5. The number of carbonyl (C=O) groups is 1. The first-order chi connectivity index (χ1) is 10.5. The largest absolute Gasteiger partial charge is 0.338 e. The van der Waals surface area contributed by atoms with Gasteiger partial charge in [-0.05, 0) is 18.1 Å². The quantitative estimate of drug-likeness (QED) is 0.800. The predicted molar refractivity (Wildman–Crippen MR) is 82.3 cm³/mol. The highest BCUT2D eigenvalue weighted by atomic mass is 32.2. The maximum Gasteiger partial charge on any atom is 0.227 e. The lowest BCUT2D eigenvalue weighted by atomic mass is 10.0. The Morgan fingerprint density at radius 2 is 2.14 bits per heavy atom. The summed E-state index contributed by atoms with van der Waals surface area (Å²) in [6.07, 6.45) is 4.08. The van der Waals surface area contributed by atoms with Crippen molar-refractivity contribution in [2.75, 3.05) is 25.4 Å². The number of hydrogen-bond acceptors (Lipinski definition) is 4. The van der Waals surface area contributed by atoms with Crippen LogP contribution in [0.1, 0.15) is 18.9 Å². The second kappa shape index (κ2) is 5.96. The third kappa shape index (κ3) is 2.87. The van der Waals surface area contributed by atoms with Crippen molar-refractivity contribution in [3.8, 4) is 0 Å². The molecule has 0 N–H and O–H groups in total. The van der Waals surface area contributed by atoms with Gasteiger partial charge in [0.15, 0.2) is 0 Å². The Morgan fingerprint density at radius 1 is 1.32 bits per heavy atom. The van der Waals surface area contributed by atoms with Crippen molar-refractivity contribution in [2.45, 2.75) is 19.9 Å². The topological polar surface area (TPSA) is 70.6 Å². The zero-order chi connectivity index (χ0) is 15.7. The summed E-state index contributed by atoms with van der Waals surface area (Å²) in [5, 5.41) is 0. The van der Waals surface area contributed by atoms with Crippen LogP contribution in [0.15, 0.2) is 24.5 Å². The first kappa shape index (κ1) is 15.4. The fourth-order valence-electron chi connectivity index (χ4n) is 3.37. The lowest BCUT2D eigenvalue weighted by Crippen LogP contribution is -2.36. The van der Waals surface area contributed by atoms with Gasteiger partial charge < -0.3 is 4.90 Å². The molecular weight excluding hydrogens is 302 g/mol. The van der Waals surface area contributed by atoms with E-state index >= 15 is 0 Å². The molecule has 3 rings (SSSR count). The second-order valence-electron chi connectivity index (χ2n) is 6.08. The number of rotatable bonds is 5. The normalized spacial score (nSPS) is 25.7. The second-order valence-corrected chi connectivity index (χ2v) is 8.17. The number of carbonyl (C=O) groups excluding carboxylic acids is 1. The molecular formula is C15H21N3O3S. The first-order valence-corrected chi connectivity index (χ1v) is 9.27. The van der Waals surface area contributed by atoms with Crippen molar-refractivity contribution in [3.05, 3.63) is 30.1 Å². The van der Waals surface area contributed by atoms with Crippen molar-refractivity contribution in [3.63, 3.8) is 0 Å². The fraction of sp³-hybridized carbons (Fsp3) is 0.600. The average molecular weight is 323 g/mol. The minimum atomic E-state index is -3.20. The van der Waals surface area contributed by atoms with Gasteiger partial charge >= 0.3 is 0 Å². The molecule has 0 bridgehead atoms. The van der Waals surface area contributed by atoms with E-state index in [-0.39, 0.29) is 23.5 Å². The molecule has 0 saturated carbocycles. The molecule has 1 amide bonds. The smallest absolute Gasteiger partial charge is 0.227 e. The predicted octanol–water partition coefficient (Wildman–Crippen LogP) is 0.712. The van der Waals surface area contributed by atoms with E-state index in [9.17, 15) is 13.2 Å². The van der Waals surface area contributed by atoms with Gasteiger partial charge in [0.25, 0.3) is 0 Å². The molecule has 1 aromatic rings. The average Bonchev–Trinajstić information content (AvgIpc) is 3.02. The molecule has 7 heteroatoms. The molecule has 3 heterocycles. The summed E-state index contributed by atoms with van der Waals surface area (Å²) in [5.74, 6) is 0.183. The van der Waals surface area contributed by atoms with E-state index in [1.165, 1.54) is 4.31 Å². The molecule has 2 aliphatic heterocycles. The van der Waals surface area contributed by atoms with Crippen LogP contribution in [0, 0.1) is 11.8 Å². The van der Waals surface area contributed by atoms with Gasteiger partial charge in [-0.15, -0.1) is 0 Å². The number of aromatic nitrogens is 1. The summed E-state index contributed by atoms with van der Waals surface area (Å²) < 4.78 is 25.8. The molecule has 2 saturated heterocycles. The Kier molecular flexibility index (Phi) is 4.18. The molecule has 6 nitrogen and oxygen atoms in total. The van der Waals surface area contributed by atoms with Crippen LogP contribution in [0.3, 0.4) is 0 Å². The molecule has 0 spiro atoms. The van der Waals surface area contributed by atoms with Gasteiger partial charge in [-0.25, -0.2) is 12.7 Å². The minimum absolute atomic E-state index is 0.0723. The lowest BCUT2D eigenvalue weighted by Gasteiger charge is -2.21. The van der Waals surface area contributed by atoms with E-state index in [4.69, 9.17) is 0 Å². The van der Waals surface area contributed by atoms with Crippen molar-refractivity contribution in [2.24, 2.45) is 11.8 Å². The number of pyridine rings is 1. The SMILES string of the molecule is CCCS(=O)(=O)N1C[C@@H]2CN(Cc3cccnc3)C(=O)[C@@H]2C1. The summed E-state index contributed by atoms with van der Waals surface area (Å²) in [4.78, 5) is 18.4. The molecule has 120 valence electrons. The van der Waals surface area contributed by atoms with Crippen LogP contribution >= 0.6 is 0 Å². The number of nitrogens with zero attached hydrogens (tertiary/aromatic N) is 3. The number of fused-ring (bicyclic) bond motifs is 1. The van der Waals surface area contributed by atoms with E-state index < -0.39 is 10.0 Å². The Labute approximate surface area is 131 Å². The summed E-state index contributed by atoms with van der Waals surface area (Å²) in [7, 11) is -3.20. The highest BCUT2D eigenvalue weighted by molar-refractivity contribution is 7.89. The minimum Gasteiger partial charge on any atom is -0.338 e. The van der Waals surface area contributed by atoms with E-state index in [2.05, 4.69) is 4.98 Å². The standard InChI is InChI=1S/C15H21N3O3S/c1-2-6-22(20,21)18-10-13-9-17(15(19)14(13)11-18)8-12-4-3-5-16-7-12/h3-5,7,13-14H,2,6,8-11H2,1H3/t13-,14+/m0/s1. The van der Waals surface area contributed by atoms with Gasteiger partial charge in [0.05, 0.1) is 11.7 Å². The number of hydrogen-bond donors (Lipinski definition) is 0. The summed E-state index contributed by atoms with van der Waals surface area (Å²) >= 11 is 0. The summed E-state index contributed by atoms with van der Waals surface area (Å²) in [5.41, 5.74) is 1.01. The van der Waals surface area contributed by atoms with E-state index in [0.717, 1.165) is 5.56 Å². The van der Waals surface area contributed by atoms with Crippen LogP contribution in [0.2, 0.25) is 0 Å². The molecule has 0 unspecified atom stereocenters. The highest BCUT2D eigenvalue weighted by Crippen LogP contribution is 2.34. The number of amides is 1. The van der Waals surface area contributed by atoms with Gasteiger partial charge in [0.2, 0.25) is 15.9 Å². The molecule has 0 aliphatic carbocycles. The Morgan fingerprint density at radius 3 is 2.77 bits per heavy atom. The van der Waals surface area contributed by atoms with Crippen LogP contribution in [0.4, 0.5) is 0 Å². The first-order valence-electron chi connectivity index (χ1n) is 7.67. The number of sulfonamides is 1. The van der Waals surface area contributed by atoms with Crippen LogP contribution in [-0.4, -0.2) is 53.9 Å². The van der Waals surface area contributed by atoms with Crippen molar-refractivity contribution >= 4 is 15.9 Å². The van der Waals surface area contributed by atoms with Crippen LogP contribution < -0.4 is 0 Å². The van der Waals surface area contributed by atoms with Crippen molar-refractivity contribution in [1.29, 1.82) is 0 Å². The van der Waals surface area contributed by atoms with Gasteiger partial charge in [-0.2, -0.15) is 0 Å². The zero-order valence-electron chi connectivity index (χ0n) is 12.7. The van der Waals surface area contributed by atoms with E-state index in [0.29, 0.717) is 32.6 Å². The van der Waals surface area contributed by atoms with Crippen LogP contribution in [0.25, 0.3) is 0 Å². The Balaban J connectivity index is 1.65. The van der Waals surface area contributed by atoms with Crippen LogP contribution in [-0.2, 0) is 21.4 Å². The highest BCUT2D eigenvalue weighted by Gasteiger charge is 2.48. The molecule has 2 aliphatic rings. The van der Waals surface area contributed by atoms with Gasteiger partial charge in [-0.1, -0.05) is 13.0 Å². The summed E-state index contributed by atoms with van der Waals surface area (Å²) in [6, 6.07) is 3.81.